The van der Waals surface area contributed by atoms with Crippen molar-refractivity contribution in [2.24, 2.45) is 0 Å². The van der Waals surface area contributed by atoms with Crippen molar-refractivity contribution in [3.63, 3.8) is 0 Å². The number of carbonyl (C=O) groups excluding carboxylic acids is 1. The first-order valence-corrected chi connectivity index (χ1v) is 10.4. The fourth-order valence-corrected chi connectivity index (χ4v) is 2.85. The van der Waals surface area contributed by atoms with Gasteiger partial charge in [0.15, 0.2) is 11.5 Å². The lowest BCUT2D eigenvalue weighted by Crippen LogP contribution is -2.37. The Hall–Kier alpha value is -2.93. The van der Waals surface area contributed by atoms with E-state index < -0.39 is 0 Å². The largest absolute Gasteiger partial charge is 0.490 e. The van der Waals surface area contributed by atoms with Crippen molar-refractivity contribution >= 4 is 17.4 Å². The van der Waals surface area contributed by atoms with E-state index in [1.165, 1.54) is 0 Å². The number of hydrogen-bond donors (Lipinski definition) is 3. The number of ether oxygens (including phenoxy) is 3. The van der Waals surface area contributed by atoms with E-state index in [1.54, 1.807) is 25.3 Å². The Bertz CT molecular complexity index is 777. The smallest absolute Gasteiger partial charge is 0.319 e. The molecule has 30 heavy (non-hydrogen) atoms. The molecule has 0 aliphatic rings. The van der Waals surface area contributed by atoms with Crippen LogP contribution in [0, 0.1) is 0 Å². The van der Waals surface area contributed by atoms with Gasteiger partial charge in [0.25, 0.3) is 0 Å². The average Bonchev–Trinajstić information content (AvgIpc) is 2.75. The zero-order valence-corrected chi connectivity index (χ0v) is 18.3. The van der Waals surface area contributed by atoms with Crippen molar-refractivity contribution in [3.05, 3.63) is 42.5 Å². The molecule has 0 heterocycles. The average molecular weight is 416 g/mol. The van der Waals surface area contributed by atoms with Crippen LogP contribution in [0.15, 0.2) is 42.5 Å². The molecule has 0 spiro atoms. The Labute approximate surface area is 179 Å². The molecule has 0 unspecified atom stereocenters. The Kier molecular flexibility index (Phi) is 9.80. The van der Waals surface area contributed by atoms with Gasteiger partial charge in [-0.05, 0) is 56.2 Å². The number of hydrogen-bond acceptors (Lipinski definition) is 5. The summed E-state index contributed by atoms with van der Waals surface area (Å²) >= 11 is 0. The minimum absolute atomic E-state index is 0.158. The van der Waals surface area contributed by atoms with E-state index >= 15 is 0 Å². The van der Waals surface area contributed by atoms with Crippen LogP contribution in [-0.4, -0.2) is 38.9 Å². The number of benzene rings is 2. The lowest BCUT2D eigenvalue weighted by molar-refractivity contribution is 0.211. The highest BCUT2D eigenvalue weighted by molar-refractivity contribution is 5.89. The molecule has 2 aromatic carbocycles. The van der Waals surface area contributed by atoms with Crippen molar-refractivity contribution < 1.29 is 19.0 Å². The van der Waals surface area contributed by atoms with Crippen LogP contribution in [0.5, 0.6) is 17.2 Å². The highest BCUT2D eigenvalue weighted by atomic mass is 16.5. The summed E-state index contributed by atoms with van der Waals surface area (Å²) in [5, 5.41) is 9.08. The fraction of sp³-hybridized carbons (Fsp3) is 0.435. The molecule has 2 aromatic rings. The highest BCUT2D eigenvalue weighted by Gasteiger charge is 2.12. The van der Waals surface area contributed by atoms with Crippen LogP contribution < -0.4 is 25.4 Å². The van der Waals surface area contributed by atoms with Gasteiger partial charge in [0.2, 0.25) is 0 Å². The summed E-state index contributed by atoms with van der Waals surface area (Å²) in [5.74, 6) is 1.85. The fourth-order valence-electron chi connectivity index (χ4n) is 2.85. The van der Waals surface area contributed by atoms with E-state index in [4.69, 9.17) is 14.2 Å². The maximum absolute atomic E-state index is 12.2. The summed E-state index contributed by atoms with van der Waals surface area (Å²) in [7, 11) is 1.68. The molecule has 0 aliphatic carbocycles. The van der Waals surface area contributed by atoms with Gasteiger partial charge in [-0.1, -0.05) is 13.8 Å². The van der Waals surface area contributed by atoms with Crippen LogP contribution >= 0.6 is 0 Å². The number of methoxy groups -OCH3 is 1. The molecule has 0 saturated carbocycles. The molecule has 7 nitrogen and oxygen atoms in total. The molecule has 0 atom stereocenters. The molecule has 3 N–H and O–H groups in total. The molecule has 0 saturated heterocycles. The molecule has 0 radical (unpaired) electrons. The summed E-state index contributed by atoms with van der Waals surface area (Å²) in [6.07, 6.45) is 1.78. The van der Waals surface area contributed by atoms with Crippen LogP contribution in [0.1, 0.15) is 33.6 Å². The van der Waals surface area contributed by atoms with Crippen molar-refractivity contribution in [1.82, 2.24) is 5.32 Å². The molecule has 0 fully saturated rings. The third kappa shape index (κ3) is 7.48. The van der Waals surface area contributed by atoms with Gasteiger partial charge in [-0.25, -0.2) is 4.79 Å². The minimum Gasteiger partial charge on any atom is -0.490 e. The number of anilines is 2. The lowest BCUT2D eigenvalue weighted by atomic mass is 10.2. The van der Waals surface area contributed by atoms with Crippen molar-refractivity contribution in [1.29, 1.82) is 0 Å². The second kappa shape index (κ2) is 12.6. The van der Waals surface area contributed by atoms with Gasteiger partial charge in [-0.3, -0.25) is 0 Å². The summed E-state index contributed by atoms with van der Waals surface area (Å²) in [6, 6.07) is 13.0. The molecule has 2 amide bonds. The molecule has 0 aromatic heterocycles. The maximum atomic E-state index is 12.2. The van der Waals surface area contributed by atoms with E-state index in [1.807, 2.05) is 31.2 Å². The Morgan fingerprint density at radius 1 is 0.967 bits per heavy atom. The summed E-state index contributed by atoms with van der Waals surface area (Å²) in [4.78, 5) is 12.2. The van der Waals surface area contributed by atoms with Crippen molar-refractivity contribution in [3.8, 4) is 17.2 Å². The second-order valence-electron chi connectivity index (χ2n) is 6.75. The second-order valence-corrected chi connectivity index (χ2v) is 6.75. The number of rotatable bonds is 12. The SMILES string of the molecule is CCOc1cc(NC(=O)NC(CC)CC)ccc1Oc1ccc(NCCOC)cc1. The number of urea groups is 1. The summed E-state index contributed by atoms with van der Waals surface area (Å²) in [5.41, 5.74) is 1.64. The third-order valence-electron chi connectivity index (χ3n) is 4.54. The van der Waals surface area contributed by atoms with Gasteiger partial charge in [0.05, 0.1) is 13.2 Å². The molecule has 2 rings (SSSR count). The van der Waals surface area contributed by atoms with Crippen molar-refractivity contribution in [2.75, 3.05) is 37.5 Å². The Morgan fingerprint density at radius 3 is 2.30 bits per heavy atom. The molecular weight excluding hydrogens is 382 g/mol. The quantitative estimate of drug-likeness (QED) is 0.413. The standard InChI is InChI=1S/C23H33N3O4/c1-5-17(6-2)25-23(27)26-19-10-13-21(22(16-19)29-7-3)30-20-11-8-18(9-12-20)24-14-15-28-4/h8-13,16-17,24H,5-7,14-15H2,1-4H3,(H2,25,26,27). The van der Waals surface area contributed by atoms with Gasteiger partial charge >= 0.3 is 6.03 Å². The number of nitrogens with one attached hydrogen (secondary N) is 3. The first-order chi connectivity index (χ1) is 14.6. The van der Waals surface area contributed by atoms with Gasteiger partial charge in [0, 0.05) is 37.1 Å². The third-order valence-corrected chi connectivity index (χ3v) is 4.54. The summed E-state index contributed by atoms with van der Waals surface area (Å²) < 4.78 is 16.8. The topological polar surface area (TPSA) is 80.9 Å². The van der Waals surface area contributed by atoms with Crippen molar-refractivity contribution in [2.45, 2.75) is 39.7 Å². The minimum atomic E-state index is -0.226. The van der Waals surface area contributed by atoms with Gasteiger partial charge in [-0.15, -0.1) is 0 Å². The van der Waals surface area contributed by atoms with E-state index in [0.29, 0.717) is 36.1 Å². The molecule has 0 aliphatic heterocycles. The summed E-state index contributed by atoms with van der Waals surface area (Å²) in [6.45, 7) is 7.88. The first-order valence-electron chi connectivity index (χ1n) is 10.4. The van der Waals surface area contributed by atoms with Gasteiger partial charge in [0.1, 0.15) is 5.75 Å². The Balaban J connectivity index is 2.04. The highest BCUT2D eigenvalue weighted by Crippen LogP contribution is 2.34. The lowest BCUT2D eigenvalue weighted by Gasteiger charge is -2.17. The molecule has 7 heteroatoms. The van der Waals surface area contributed by atoms with Crippen LogP contribution in [0.4, 0.5) is 16.2 Å². The van der Waals surface area contributed by atoms with Crippen LogP contribution in [0.2, 0.25) is 0 Å². The molecule has 164 valence electrons. The van der Waals surface area contributed by atoms with E-state index in [2.05, 4.69) is 29.8 Å². The normalized spacial score (nSPS) is 10.6. The number of carbonyl (C=O) groups is 1. The predicted molar refractivity (Wildman–Crippen MR) is 121 cm³/mol. The molecular formula is C23H33N3O4. The molecule has 0 bridgehead atoms. The predicted octanol–water partition coefficient (Wildman–Crippen LogP) is 5.25. The zero-order chi connectivity index (χ0) is 21.8. The Morgan fingerprint density at radius 2 is 1.67 bits per heavy atom. The van der Waals surface area contributed by atoms with Gasteiger partial charge < -0.3 is 30.2 Å². The van der Waals surface area contributed by atoms with E-state index in [-0.39, 0.29) is 12.1 Å². The number of amides is 2. The zero-order valence-electron chi connectivity index (χ0n) is 18.3. The van der Waals surface area contributed by atoms with Crippen LogP contribution in [0.3, 0.4) is 0 Å². The first kappa shape index (κ1) is 23.3. The van der Waals surface area contributed by atoms with E-state index in [9.17, 15) is 4.79 Å². The monoisotopic (exact) mass is 415 g/mol. The van der Waals surface area contributed by atoms with Gasteiger partial charge in [-0.2, -0.15) is 0 Å². The van der Waals surface area contributed by atoms with Crippen LogP contribution in [-0.2, 0) is 4.74 Å². The van der Waals surface area contributed by atoms with Crippen LogP contribution in [0.25, 0.3) is 0 Å². The van der Waals surface area contributed by atoms with E-state index in [0.717, 1.165) is 25.1 Å². The maximum Gasteiger partial charge on any atom is 0.319 e.